The van der Waals surface area contributed by atoms with E-state index in [1.807, 2.05) is 13.8 Å². The fraction of sp³-hybridized carbons (Fsp3) is 0.812. The first kappa shape index (κ1) is 30.6. The predicted octanol–water partition coefficient (Wildman–Crippen LogP) is 5.60. The normalized spacial score (nSPS) is 35.1. The summed E-state index contributed by atoms with van der Waals surface area (Å²) in [5, 5.41) is 51.5. The third kappa shape index (κ3) is 7.79. The van der Waals surface area contributed by atoms with Crippen LogP contribution in [-0.2, 0) is 0 Å². The minimum absolute atomic E-state index is 0.199. The molecular formula is C32H54O5. The second kappa shape index (κ2) is 12.0. The lowest BCUT2D eigenvalue weighted by Gasteiger charge is -2.45. The SMILES string of the molecule is C=C1/C(=C\C=C2/CCC[C@]3(C)[C@@H]([C@@H](CCCC(C)(C)O)CC[C@@H](O)C(C)(C)O)CC[C@@H]23)C[C@@H](O)C[C@@H]1O. The van der Waals surface area contributed by atoms with Crippen LogP contribution in [0.15, 0.2) is 35.5 Å². The predicted molar refractivity (Wildman–Crippen MR) is 150 cm³/mol. The summed E-state index contributed by atoms with van der Waals surface area (Å²) in [6.07, 6.45) is 13.4. The van der Waals surface area contributed by atoms with Gasteiger partial charge in [-0.1, -0.05) is 44.1 Å². The fourth-order valence-corrected chi connectivity index (χ4v) is 7.59. The zero-order valence-electron chi connectivity index (χ0n) is 24.0. The molecule has 3 rings (SSSR count). The number of allylic oxidation sites excluding steroid dienone is 3. The maximum absolute atomic E-state index is 10.6. The van der Waals surface area contributed by atoms with E-state index in [4.69, 9.17) is 0 Å². The van der Waals surface area contributed by atoms with Crippen molar-refractivity contribution in [3.05, 3.63) is 35.5 Å². The van der Waals surface area contributed by atoms with Gasteiger partial charge in [0.05, 0.1) is 29.5 Å². The number of aliphatic hydroxyl groups is 5. The van der Waals surface area contributed by atoms with Crippen molar-refractivity contribution in [2.24, 2.45) is 23.2 Å². The monoisotopic (exact) mass is 518 g/mol. The zero-order chi connectivity index (χ0) is 27.6. The Kier molecular flexibility index (Phi) is 9.94. The first-order valence-electron chi connectivity index (χ1n) is 14.7. The molecule has 7 atom stereocenters. The number of rotatable bonds is 10. The van der Waals surface area contributed by atoms with Gasteiger partial charge in [0, 0.05) is 6.42 Å². The van der Waals surface area contributed by atoms with Crippen molar-refractivity contribution in [1.82, 2.24) is 0 Å². The molecule has 3 saturated carbocycles. The van der Waals surface area contributed by atoms with E-state index in [9.17, 15) is 25.5 Å². The molecule has 0 aliphatic heterocycles. The van der Waals surface area contributed by atoms with E-state index in [1.165, 1.54) is 24.8 Å². The van der Waals surface area contributed by atoms with Crippen LogP contribution < -0.4 is 0 Å². The molecule has 3 aliphatic rings. The molecule has 3 aliphatic carbocycles. The highest BCUT2D eigenvalue weighted by Gasteiger charge is 2.51. The van der Waals surface area contributed by atoms with E-state index in [0.29, 0.717) is 37.0 Å². The minimum Gasteiger partial charge on any atom is -0.393 e. The summed E-state index contributed by atoms with van der Waals surface area (Å²) in [5.41, 5.74) is 1.62. The van der Waals surface area contributed by atoms with E-state index in [-0.39, 0.29) is 5.41 Å². The average molecular weight is 519 g/mol. The Hall–Kier alpha value is -0.980. The number of hydrogen-bond acceptors (Lipinski definition) is 5. The van der Waals surface area contributed by atoms with Crippen LogP contribution in [0.5, 0.6) is 0 Å². The van der Waals surface area contributed by atoms with Crippen molar-refractivity contribution in [2.45, 2.75) is 141 Å². The van der Waals surface area contributed by atoms with Crippen LogP contribution in [0.3, 0.4) is 0 Å². The molecule has 5 N–H and O–H groups in total. The van der Waals surface area contributed by atoms with Crippen LogP contribution >= 0.6 is 0 Å². The molecule has 5 heteroatoms. The van der Waals surface area contributed by atoms with Gasteiger partial charge in [0.2, 0.25) is 0 Å². The molecule has 37 heavy (non-hydrogen) atoms. The second-order valence-electron chi connectivity index (χ2n) is 13.9. The van der Waals surface area contributed by atoms with Gasteiger partial charge in [-0.15, -0.1) is 0 Å². The highest BCUT2D eigenvalue weighted by Crippen LogP contribution is 2.60. The summed E-state index contributed by atoms with van der Waals surface area (Å²) in [5.74, 6) is 1.53. The Morgan fingerprint density at radius 2 is 1.76 bits per heavy atom. The molecule has 5 nitrogen and oxygen atoms in total. The van der Waals surface area contributed by atoms with E-state index in [1.54, 1.807) is 13.8 Å². The Labute approximate surface area is 225 Å². The molecule has 0 aromatic rings. The number of fused-ring (bicyclic) bond motifs is 1. The van der Waals surface area contributed by atoms with Crippen LogP contribution in [0, 0.1) is 23.2 Å². The summed E-state index contributed by atoms with van der Waals surface area (Å²) in [6.45, 7) is 13.7. The van der Waals surface area contributed by atoms with Gasteiger partial charge in [0.15, 0.2) is 0 Å². The molecule has 3 fully saturated rings. The maximum atomic E-state index is 10.6. The van der Waals surface area contributed by atoms with Gasteiger partial charge in [-0.05, 0) is 120 Å². The van der Waals surface area contributed by atoms with Crippen LogP contribution in [0.2, 0.25) is 0 Å². The van der Waals surface area contributed by atoms with Gasteiger partial charge in [0.1, 0.15) is 0 Å². The molecule has 0 radical (unpaired) electrons. The van der Waals surface area contributed by atoms with Crippen LogP contribution in [-0.4, -0.2) is 55.0 Å². The van der Waals surface area contributed by atoms with E-state index < -0.39 is 29.5 Å². The zero-order valence-corrected chi connectivity index (χ0v) is 24.0. The lowest BCUT2D eigenvalue weighted by molar-refractivity contribution is -0.0563. The molecule has 0 saturated heterocycles. The van der Waals surface area contributed by atoms with Crippen LogP contribution in [0.4, 0.5) is 0 Å². The van der Waals surface area contributed by atoms with Crippen molar-refractivity contribution >= 4 is 0 Å². The number of aliphatic hydroxyl groups excluding tert-OH is 3. The Bertz CT molecular complexity index is 844. The summed E-state index contributed by atoms with van der Waals surface area (Å²) in [4.78, 5) is 0. The van der Waals surface area contributed by atoms with Crippen molar-refractivity contribution in [2.75, 3.05) is 0 Å². The maximum Gasteiger partial charge on any atom is 0.0849 e. The minimum atomic E-state index is -1.10. The largest absolute Gasteiger partial charge is 0.393 e. The quantitative estimate of drug-likeness (QED) is 0.259. The van der Waals surface area contributed by atoms with Crippen molar-refractivity contribution < 1.29 is 25.5 Å². The number of hydrogen-bond donors (Lipinski definition) is 5. The van der Waals surface area contributed by atoms with Gasteiger partial charge in [0.25, 0.3) is 0 Å². The molecule has 0 aromatic heterocycles. The van der Waals surface area contributed by atoms with Crippen molar-refractivity contribution in [3.8, 4) is 0 Å². The molecule has 0 amide bonds. The summed E-state index contributed by atoms with van der Waals surface area (Å²) in [7, 11) is 0. The lowest BCUT2D eigenvalue weighted by Crippen LogP contribution is -2.39. The molecule has 212 valence electrons. The second-order valence-corrected chi connectivity index (χ2v) is 13.9. The van der Waals surface area contributed by atoms with Gasteiger partial charge < -0.3 is 25.5 Å². The van der Waals surface area contributed by atoms with E-state index in [0.717, 1.165) is 49.7 Å². The van der Waals surface area contributed by atoms with Gasteiger partial charge in [-0.2, -0.15) is 0 Å². The Balaban J connectivity index is 1.79. The first-order valence-corrected chi connectivity index (χ1v) is 14.7. The third-order valence-corrected chi connectivity index (χ3v) is 9.86. The molecule has 0 bridgehead atoms. The first-order chi connectivity index (χ1) is 17.1. The summed E-state index contributed by atoms with van der Waals surface area (Å²) in [6, 6.07) is 0. The molecule has 0 heterocycles. The lowest BCUT2D eigenvalue weighted by atomic mass is 9.60. The average Bonchev–Trinajstić information content (AvgIpc) is 3.13. The van der Waals surface area contributed by atoms with Crippen molar-refractivity contribution in [3.63, 3.8) is 0 Å². The standard InChI is InChI=1S/C32H54O5/c1-21-24(19-25(33)20-28(21)34)12-11-22-10-8-18-32(6)26(22)14-15-27(32)23(9-7-17-30(2,3)36)13-16-29(35)31(4,5)37/h11-12,23,25-29,33-37H,1,7-10,13-20H2,2-6H3/b22-11+,24-12-/t23-,25+,26-,27+,28-,29+,32-/m0/s1. The highest BCUT2D eigenvalue weighted by molar-refractivity contribution is 5.38. The third-order valence-electron chi connectivity index (χ3n) is 9.86. The molecule has 0 unspecified atom stereocenters. The van der Waals surface area contributed by atoms with Crippen molar-refractivity contribution in [1.29, 1.82) is 0 Å². The summed E-state index contributed by atoms with van der Waals surface area (Å²) >= 11 is 0. The smallest absolute Gasteiger partial charge is 0.0849 e. The van der Waals surface area contributed by atoms with Gasteiger partial charge >= 0.3 is 0 Å². The topological polar surface area (TPSA) is 101 Å². The van der Waals surface area contributed by atoms with E-state index in [2.05, 4.69) is 25.7 Å². The Morgan fingerprint density at radius 1 is 1.05 bits per heavy atom. The van der Waals surface area contributed by atoms with Crippen LogP contribution in [0.1, 0.15) is 112 Å². The molecular weight excluding hydrogens is 464 g/mol. The fourth-order valence-electron chi connectivity index (χ4n) is 7.59. The van der Waals surface area contributed by atoms with Gasteiger partial charge in [-0.25, -0.2) is 0 Å². The van der Waals surface area contributed by atoms with Gasteiger partial charge in [-0.3, -0.25) is 0 Å². The van der Waals surface area contributed by atoms with E-state index >= 15 is 0 Å². The Morgan fingerprint density at radius 3 is 2.41 bits per heavy atom. The van der Waals surface area contributed by atoms with Crippen LogP contribution in [0.25, 0.3) is 0 Å². The highest BCUT2D eigenvalue weighted by atomic mass is 16.3. The summed E-state index contributed by atoms with van der Waals surface area (Å²) < 4.78 is 0. The molecule has 0 spiro atoms. The molecule has 0 aromatic carbocycles.